The number of nitro benzene ring substituents is 1. The molecule has 1 aliphatic rings. The number of benzene rings is 2. The third kappa shape index (κ3) is 4.15. The molecule has 0 aliphatic carbocycles. The Balaban J connectivity index is 1.55. The number of non-ortho nitro benzene ring substituents is 1. The monoisotopic (exact) mass is 356 g/mol. The Morgan fingerprint density at radius 1 is 1.23 bits per heavy atom. The van der Waals surface area contributed by atoms with E-state index in [1.54, 1.807) is 0 Å². The zero-order chi connectivity index (χ0) is 18.5. The first-order chi connectivity index (χ1) is 12.5. The third-order valence-corrected chi connectivity index (χ3v) is 3.85. The van der Waals surface area contributed by atoms with E-state index in [1.165, 1.54) is 18.2 Å². The molecule has 0 spiro atoms. The van der Waals surface area contributed by atoms with Crippen molar-refractivity contribution in [1.29, 1.82) is 0 Å². The fourth-order valence-electron chi connectivity index (χ4n) is 2.49. The number of esters is 1. The topological polar surface area (TPSA) is 108 Å². The van der Waals surface area contributed by atoms with Crippen LogP contribution in [0.1, 0.15) is 18.4 Å². The van der Waals surface area contributed by atoms with Crippen molar-refractivity contribution in [2.24, 2.45) is 0 Å². The minimum absolute atomic E-state index is 0.00478. The lowest BCUT2D eigenvalue weighted by atomic mass is 10.1. The summed E-state index contributed by atoms with van der Waals surface area (Å²) >= 11 is 0. The van der Waals surface area contributed by atoms with Crippen LogP contribution in [0.3, 0.4) is 0 Å². The van der Waals surface area contributed by atoms with E-state index in [0.717, 1.165) is 5.56 Å². The van der Waals surface area contributed by atoms with Gasteiger partial charge < -0.3 is 14.8 Å². The van der Waals surface area contributed by atoms with Crippen LogP contribution in [0.25, 0.3) is 0 Å². The van der Waals surface area contributed by atoms with Crippen molar-refractivity contribution < 1.29 is 24.0 Å². The second-order valence-corrected chi connectivity index (χ2v) is 5.72. The summed E-state index contributed by atoms with van der Waals surface area (Å²) in [6, 6.07) is 13.2. The van der Waals surface area contributed by atoms with Crippen LogP contribution in [-0.2, 0) is 20.9 Å². The Hall–Kier alpha value is -3.42. The van der Waals surface area contributed by atoms with Crippen molar-refractivity contribution >= 4 is 23.3 Å². The molecule has 0 fully saturated rings. The van der Waals surface area contributed by atoms with Crippen LogP contribution in [0.2, 0.25) is 0 Å². The fourth-order valence-corrected chi connectivity index (χ4v) is 2.49. The third-order valence-electron chi connectivity index (χ3n) is 3.85. The molecule has 1 amide bonds. The van der Waals surface area contributed by atoms with Gasteiger partial charge in [-0.05, 0) is 11.6 Å². The van der Waals surface area contributed by atoms with Crippen LogP contribution in [-0.4, -0.2) is 22.9 Å². The lowest BCUT2D eigenvalue weighted by Crippen LogP contribution is -2.37. The number of carbonyl (C=O) groups is 2. The molecule has 0 saturated heterocycles. The molecule has 26 heavy (non-hydrogen) atoms. The normalized spacial score (nSPS) is 15.4. The number of hydrogen-bond acceptors (Lipinski definition) is 6. The van der Waals surface area contributed by atoms with Crippen LogP contribution in [0.5, 0.6) is 5.75 Å². The van der Waals surface area contributed by atoms with Gasteiger partial charge in [-0.15, -0.1) is 0 Å². The quantitative estimate of drug-likeness (QED) is 0.484. The molecular weight excluding hydrogens is 340 g/mol. The number of ether oxygens (including phenoxy) is 2. The molecule has 0 bridgehead atoms. The molecule has 1 heterocycles. The maximum atomic E-state index is 12.0. The first-order valence-electron chi connectivity index (χ1n) is 7.98. The van der Waals surface area contributed by atoms with Crippen LogP contribution < -0.4 is 10.1 Å². The lowest BCUT2D eigenvalue weighted by molar-refractivity contribution is -0.384. The molecule has 0 aromatic heterocycles. The van der Waals surface area contributed by atoms with E-state index in [2.05, 4.69) is 5.32 Å². The summed E-state index contributed by atoms with van der Waals surface area (Å²) in [6.07, 6.45) is -0.801. The molecule has 8 heteroatoms. The molecule has 134 valence electrons. The molecule has 0 radical (unpaired) electrons. The summed E-state index contributed by atoms with van der Waals surface area (Å²) in [4.78, 5) is 34.2. The second-order valence-electron chi connectivity index (χ2n) is 5.72. The highest BCUT2D eigenvalue weighted by Crippen LogP contribution is 2.33. The van der Waals surface area contributed by atoms with Gasteiger partial charge in [0.25, 0.3) is 11.6 Å². The Bertz CT molecular complexity index is 837. The van der Waals surface area contributed by atoms with E-state index in [9.17, 15) is 19.7 Å². The van der Waals surface area contributed by atoms with Gasteiger partial charge in [0.2, 0.25) is 0 Å². The van der Waals surface area contributed by atoms with Gasteiger partial charge in [0, 0.05) is 18.9 Å². The Kier molecular flexibility index (Phi) is 5.12. The molecule has 8 nitrogen and oxygen atoms in total. The van der Waals surface area contributed by atoms with Crippen LogP contribution in [0.15, 0.2) is 48.5 Å². The van der Waals surface area contributed by atoms with E-state index < -0.39 is 22.9 Å². The minimum atomic E-state index is -0.909. The second kappa shape index (κ2) is 7.64. The van der Waals surface area contributed by atoms with Crippen molar-refractivity contribution in [3.05, 3.63) is 64.2 Å². The van der Waals surface area contributed by atoms with Crippen molar-refractivity contribution in [2.45, 2.75) is 25.6 Å². The molecule has 1 unspecified atom stereocenters. The van der Waals surface area contributed by atoms with Gasteiger partial charge in [-0.2, -0.15) is 0 Å². The number of carbonyl (C=O) groups excluding carboxylic acids is 2. The fraction of sp³-hybridized carbons (Fsp3) is 0.222. The maximum absolute atomic E-state index is 12.0. The molecule has 1 aliphatic heterocycles. The molecule has 1 atom stereocenters. The molecule has 2 aromatic carbocycles. The average molecular weight is 356 g/mol. The van der Waals surface area contributed by atoms with E-state index in [4.69, 9.17) is 9.47 Å². The summed E-state index contributed by atoms with van der Waals surface area (Å²) in [5.41, 5.74) is 1.10. The summed E-state index contributed by atoms with van der Waals surface area (Å²) in [5.74, 6) is -0.640. The van der Waals surface area contributed by atoms with Gasteiger partial charge in [0.15, 0.2) is 11.9 Å². The van der Waals surface area contributed by atoms with Gasteiger partial charge in [-0.25, -0.2) is 0 Å². The van der Waals surface area contributed by atoms with Crippen LogP contribution in [0.4, 0.5) is 11.4 Å². The molecular formula is C18H16N2O6. The Morgan fingerprint density at radius 2 is 2.00 bits per heavy atom. The van der Waals surface area contributed by atoms with Crippen molar-refractivity contribution in [2.75, 3.05) is 5.32 Å². The number of amides is 1. The highest BCUT2D eigenvalue weighted by molar-refractivity contribution is 5.98. The zero-order valence-corrected chi connectivity index (χ0v) is 13.7. The highest BCUT2D eigenvalue weighted by atomic mass is 16.6. The van der Waals surface area contributed by atoms with Gasteiger partial charge in [-0.3, -0.25) is 19.7 Å². The van der Waals surface area contributed by atoms with Crippen LogP contribution in [0, 0.1) is 10.1 Å². The average Bonchev–Trinajstić information content (AvgIpc) is 2.65. The van der Waals surface area contributed by atoms with E-state index >= 15 is 0 Å². The molecule has 0 saturated carbocycles. The predicted molar refractivity (Wildman–Crippen MR) is 91.6 cm³/mol. The number of nitro groups is 1. The van der Waals surface area contributed by atoms with Crippen LogP contribution >= 0.6 is 0 Å². The molecule has 2 aromatic rings. The number of fused-ring (bicyclic) bond motifs is 1. The summed E-state index contributed by atoms with van der Waals surface area (Å²) < 4.78 is 10.7. The largest absolute Gasteiger partial charge is 0.478 e. The predicted octanol–water partition coefficient (Wildman–Crippen LogP) is 2.82. The van der Waals surface area contributed by atoms with E-state index in [0.29, 0.717) is 5.69 Å². The number of nitrogens with one attached hydrogen (secondary N) is 1. The first kappa shape index (κ1) is 17.4. The summed E-state index contributed by atoms with van der Waals surface area (Å²) in [5, 5.41) is 13.5. The van der Waals surface area contributed by atoms with Gasteiger partial charge in [0.05, 0.1) is 16.7 Å². The minimum Gasteiger partial charge on any atom is -0.478 e. The number of hydrogen-bond donors (Lipinski definition) is 1. The summed E-state index contributed by atoms with van der Waals surface area (Å²) in [7, 11) is 0. The maximum Gasteiger partial charge on any atom is 0.306 e. The number of anilines is 1. The SMILES string of the molecule is O=C(CCC1Oc2cc([N+](=O)[O-])ccc2NC1=O)OCc1ccccc1. The van der Waals surface area contributed by atoms with E-state index in [-0.39, 0.29) is 30.9 Å². The Labute approximate surface area is 148 Å². The Morgan fingerprint density at radius 3 is 2.73 bits per heavy atom. The lowest BCUT2D eigenvalue weighted by Gasteiger charge is -2.25. The standard InChI is InChI=1S/C18H16N2O6/c21-17(25-11-12-4-2-1-3-5-12)9-8-15-18(22)19-14-7-6-13(20(23)24)10-16(14)26-15/h1-7,10,15H,8-9,11H2,(H,19,22). The van der Waals surface area contributed by atoms with E-state index in [1.807, 2.05) is 30.3 Å². The molecule has 3 rings (SSSR count). The highest BCUT2D eigenvalue weighted by Gasteiger charge is 2.29. The number of nitrogens with zero attached hydrogens (tertiary/aromatic N) is 1. The summed E-state index contributed by atoms with van der Waals surface area (Å²) in [6.45, 7) is 0.159. The first-order valence-corrected chi connectivity index (χ1v) is 7.98. The van der Waals surface area contributed by atoms with Gasteiger partial charge >= 0.3 is 5.97 Å². The smallest absolute Gasteiger partial charge is 0.306 e. The van der Waals surface area contributed by atoms with Crippen molar-refractivity contribution in [1.82, 2.24) is 0 Å². The van der Waals surface area contributed by atoms with Gasteiger partial charge in [0.1, 0.15) is 6.61 Å². The van der Waals surface area contributed by atoms with Crippen molar-refractivity contribution in [3.8, 4) is 5.75 Å². The van der Waals surface area contributed by atoms with Crippen molar-refractivity contribution in [3.63, 3.8) is 0 Å². The number of rotatable bonds is 6. The zero-order valence-electron chi connectivity index (χ0n) is 13.7. The molecule has 1 N–H and O–H groups in total. The van der Waals surface area contributed by atoms with Gasteiger partial charge in [-0.1, -0.05) is 30.3 Å².